The predicted molar refractivity (Wildman–Crippen MR) is 45.8 cm³/mol. The minimum atomic E-state index is -0.791. The van der Waals surface area contributed by atoms with Crippen molar-refractivity contribution in [3.05, 3.63) is 0 Å². The largest absolute Gasteiger partial charge is 0.391 e. The van der Waals surface area contributed by atoms with E-state index in [4.69, 9.17) is 10.4 Å². The summed E-state index contributed by atoms with van der Waals surface area (Å²) in [4.78, 5) is 23.6. The van der Waals surface area contributed by atoms with E-state index in [1.54, 1.807) is 6.07 Å². The number of carbonyl (C=O) groups is 2. The lowest BCUT2D eigenvalue weighted by Crippen LogP contribution is -2.42. The Bertz CT molecular complexity index is 284. The average molecular weight is 197 g/mol. The number of β-amino-alcohol motifs (C(OH)–C–C–N with tert-alkyl or cyclic N) is 1. The number of hydrogen-bond acceptors (Lipinski definition) is 4. The number of amides is 2. The van der Waals surface area contributed by atoms with E-state index in [2.05, 4.69) is 5.32 Å². The van der Waals surface area contributed by atoms with E-state index < -0.39 is 17.9 Å². The smallest absolute Gasteiger partial charge is 0.311 e. The zero-order valence-corrected chi connectivity index (χ0v) is 7.56. The Morgan fingerprint density at radius 3 is 2.86 bits per heavy atom. The second-order valence-corrected chi connectivity index (χ2v) is 3.03. The number of rotatable bonds is 1. The lowest BCUT2D eigenvalue weighted by molar-refractivity contribution is -0.145. The van der Waals surface area contributed by atoms with Crippen LogP contribution < -0.4 is 5.32 Å². The molecule has 1 rings (SSSR count). The highest BCUT2D eigenvalue weighted by Crippen LogP contribution is 2.08. The van der Waals surface area contributed by atoms with Crippen molar-refractivity contribution in [3.8, 4) is 6.07 Å². The maximum Gasteiger partial charge on any atom is 0.311 e. The predicted octanol–water partition coefficient (Wildman–Crippen LogP) is -1.78. The third-order valence-electron chi connectivity index (χ3n) is 1.97. The fraction of sp³-hybridized carbons (Fsp3) is 0.625. The van der Waals surface area contributed by atoms with Crippen molar-refractivity contribution >= 4 is 11.8 Å². The van der Waals surface area contributed by atoms with Crippen LogP contribution in [0.25, 0.3) is 0 Å². The molecule has 1 fully saturated rings. The van der Waals surface area contributed by atoms with Crippen molar-refractivity contribution in [3.63, 3.8) is 0 Å². The molecule has 76 valence electrons. The lowest BCUT2D eigenvalue weighted by atomic mass is 10.3. The highest BCUT2D eigenvalue weighted by molar-refractivity contribution is 6.35. The van der Waals surface area contributed by atoms with Gasteiger partial charge in [-0.05, 0) is 6.42 Å². The van der Waals surface area contributed by atoms with E-state index in [1.165, 1.54) is 4.90 Å². The van der Waals surface area contributed by atoms with Crippen molar-refractivity contribution in [1.29, 1.82) is 5.26 Å². The molecule has 1 aliphatic rings. The van der Waals surface area contributed by atoms with Crippen molar-refractivity contribution in [2.45, 2.75) is 12.5 Å². The van der Waals surface area contributed by atoms with Crippen LogP contribution in [0.4, 0.5) is 0 Å². The van der Waals surface area contributed by atoms with Crippen LogP contribution in [0.5, 0.6) is 0 Å². The van der Waals surface area contributed by atoms with Gasteiger partial charge in [-0.1, -0.05) is 0 Å². The molecule has 1 heterocycles. The van der Waals surface area contributed by atoms with Crippen molar-refractivity contribution in [2.75, 3.05) is 19.6 Å². The molecule has 1 aliphatic heterocycles. The van der Waals surface area contributed by atoms with Crippen LogP contribution in [-0.2, 0) is 9.59 Å². The molecular formula is C8H11N3O3. The number of carbonyl (C=O) groups excluding carboxylic acids is 2. The summed E-state index contributed by atoms with van der Waals surface area (Å²) in [7, 11) is 0. The van der Waals surface area contributed by atoms with Crippen molar-refractivity contribution in [1.82, 2.24) is 10.2 Å². The molecule has 2 amide bonds. The molecule has 1 atom stereocenters. The summed E-state index contributed by atoms with van der Waals surface area (Å²) in [6.45, 7) is 0.403. The van der Waals surface area contributed by atoms with E-state index >= 15 is 0 Å². The highest BCUT2D eigenvalue weighted by Gasteiger charge is 2.28. The van der Waals surface area contributed by atoms with Gasteiger partial charge in [-0.2, -0.15) is 5.26 Å². The molecule has 2 N–H and O–H groups in total. The number of hydrogen-bond donors (Lipinski definition) is 2. The molecule has 0 aromatic heterocycles. The van der Waals surface area contributed by atoms with Gasteiger partial charge in [0, 0.05) is 13.1 Å². The zero-order valence-electron chi connectivity index (χ0n) is 7.56. The fourth-order valence-electron chi connectivity index (χ4n) is 1.27. The van der Waals surface area contributed by atoms with Crippen LogP contribution in [0.15, 0.2) is 0 Å². The Balaban J connectivity index is 2.41. The van der Waals surface area contributed by atoms with Crippen LogP contribution in [0.3, 0.4) is 0 Å². The van der Waals surface area contributed by atoms with Gasteiger partial charge in [0.25, 0.3) is 0 Å². The van der Waals surface area contributed by atoms with Gasteiger partial charge in [-0.15, -0.1) is 0 Å². The van der Waals surface area contributed by atoms with Crippen LogP contribution >= 0.6 is 0 Å². The second kappa shape index (κ2) is 4.58. The topological polar surface area (TPSA) is 93.4 Å². The van der Waals surface area contributed by atoms with Gasteiger partial charge in [0.15, 0.2) is 0 Å². The number of aliphatic hydroxyl groups is 1. The molecule has 0 unspecified atom stereocenters. The first-order valence-electron chi connectivity index (χ1n) is 4.27. The molecular weight excluding hydrogens is 186 g/mol. The molecule has 6 nitrogen and oxygen atoms in total. The Kier molecular flexibility index (Phi) is 3.42. The molecule has 0 saturated carbocycles. The third kappa shape index (κ3) is 2.44. The summed E-state index contributed by atoms with van der Waals surface area (Å²) >= 11 is 0. The first-order chi connectivity index (χ1) is 6.65. The Labute approximate surface area is 81.1 Å². The first kappa shape index (κ1) is 10.5. The molecule has 14 heavy (non-hydrogen) atoms. The highest BCUT2D eigenvalue weighted by atomic mass is 16.3. The summed E-state index contributed by atoms with van der Waals surface area (Å²) in [6, 6.07) is 1.70. The van der Waals surface area contributed by atoms with Gasteiger partial charge in [0.05, 0.1) is 12.2 Å². The Morgan fingerprint density at radius 1 is 1.64 bits per heavy atom. The Morgan fingerprint density at radius 2 is 2.36 bits per heavy atom. The van der Waals surface area contributed by atoms with Crippen LogP contribution in [0.2, 0.25) is 0 Å². The molecule has 0 aliphatic carbocycles. The van der Waals surface area contributed by atoms with Gasteiger partial charge in [-0.3, -0.25) is 9.59 Å². The van der Waals surface area contributed by atoms with Crippen LogP contribution in [-0.4, -0.2) is 47.6 Å². The van der Waals surface area contributed by atoms with Crippen molar-refractivity contribution in [2.24, 2.45) is 0 Å². The van der Waals surface area contributed by atoms with Gasteiger partial charge >= 0.3 is 11.8 Å². The van der Waals surface area contributed by atoms with Crippen LogP contribution in [0, 0.1) is 11.3 Å². The minimum Gasteiger partial charge on any atom is -0.391 e. The molecule has 0 bridgehead atoms. The van der Waals surface area contributed by atoms with Gasteiger partial charge in [0.2, 0.25) is 0 Å². The quantitative estimate of drug-likeness (QED) is 0.384. The summed E-state index contributed by atoms with van der Waals surface area (Å²) in [5.74, 6) is -1.47. The van der Waals surface area contributed by atoms with Crippen molar-refractivity contribution < 1.29 is 14.7 Å². The van der Waals surface area contributed by atoms with Crippen LogP contribution in [0.1, 0.15) is 6.42 Å². The second-order valence-electron chi connectivity index (χ2n) is 3.03. The maximum atomic E-state index is 11.3. The molecule has 6 heteroatoms. The fourth-order valence-corrected chi connectivity index (χ4v) is 1.27. The van der Waals surface area contributed by atoms with E-state index in [0.29, 0.717) is 13.0 Å². The summed E-state index contributed by atoms with van der Waals surface area (Å²) in [5, 5.41) is 19.5. The normalized spacial score (nSPS) is 20.3. The molecule has 0 spiro atoms. The van der Waals surface area contributed by atoms with Gasteiger partial charge in [-0.25, -0.2) is 0 Å². The first-order valence-corrected chi connectivity index (χ1v) is 4.27. The molecule has 1 saturated heterocycles. The Hall–Kier alpha value is -1.61. The van der Waals surface area contributed by atoms with E-state index in [1.807, 2.05) is 0 Å². The third-order valence-corrected chi connectivity index (χ3v) is 1.97. The standard InChI is InChI=1S/C8H11N3O3/c9-2-3-10-7(13)8(14)11-4-1-6(12)5-11/h6,12H,1,3-5H2,(H,10,13)/t6-/m0/s1. The summed E-state index contributed by atoms with van der Waals surface area (Å²) < 4.78 is 0. The molecule has 0 aromatic rings. The number of aliphatic hydroxyl groups excluding tert-OH is 1. The zero-order chi connectivity index (χ0) is 10.6. The number of nitrogens with one attached hydrogen (secondary N) is 1. The van der Waals surface area contributed by atoms with E-state index in [9.17, 15) is 9.59 Å². The van der Waals surface area contributed by atoms with Gasteiger partial charge < -0.3 is 15.3 Å². The number of likely N-dealkylation sites (tertiary alicyclic amines) is 1. The summed E-state index contributed by atoms with van der Waals surface area (Å²) in [5.41, 5.74) is 0. The SMILES string of the molecule is N#CCNC(=O)C(=O)N1CC[C@H](O)C1. The minimum absolute atomic E-state index is 0.180. The average Bonchev–Trinajstić information content (AvgIpc) is 2.60. The maximum absolute atomic E-state index is 11.3. The van der Waals surface area contributed by atoms with E-state index in [-0.39, 0.29) is 13.1 Å². The monoisotopic (exact) mass is 197 g/mol. The molecule has 0 aromatic carbocycles. The number of nitriles is 1. The van der Waals surface area contributed by atoms with Gasteiger partial charge in [0.1, 0.15) is 6.54 Å². The lowest BCUT2D eigenvalue weighted by Gasteiger charge is -2.13. The van der Waals surface area contributed by atoms with E-state index in [0.717, 1.165) is 0 Å². The number of nitrogens with zero attached hydrogens (tertiary/aromatic N) is 2. The summed E-state index contributed by atoms with van der Waals surface area (Å²) in [6.07, 6.45) is -0.0419. The molecule has 0 radical (unpaired) electrons.